The Labute approximate surface area is 78.9 Å². The summed E-state index contributed by atoms with van der Waals surface area (Å²) in [6.07, 6.45) is 0. The third-order valence-corrected chi connectivity index (χ3v) is 1.74. The van der Waals surface area contributed by atoms with Crippen molar-refractivity contribution in [2.24, 2.45) is 0 Å². The van der Waals surface area contributed by atoms with E-state index in [0.717, 1.165) is 0 Å². The summed E-state index contributed by atoms with van der Waals surface area (Å²) in [4.78, 5) is 10.7. The average Bonchev–Trinajstić information content (AvgIpc) is 2.67. The van der Waals surface area contributed by atoms with Crippen molar-refractivity contribution in [2.75, 3.05) is 0 Å². The Kier molecular flexibility index (Phi) is 1.98. The average molecular weight is 190 g/mol. The lowest BCUT2D eigenvalue weighted by Gasteiger charge is -1.93. The molecule has 0 spiro atoms. The van der Waals surface area contributed by atoms with Crippen LogP contribution in [0.4, 0.5) is 0 Å². The second-order valence-corrected chi connectivity index (χ2v) is 2.63. The van der Waals surface area contributed by atoms with E-state index in [1.807, 2.05) is 6.07 Å². The van der Waals surface area contributed by atoms with Crippen LogP contribution in [0.5, 0.6) is 0 Å². The van der Waals surface area contributed by atoms with Crippen LogP contribution in [0.25, 0.3) is 11.3 Å². The van der Waals surface area contributed by atoms with Gasteiger partial charge in [-0.15, -0.1) is 0 Å². The standard InChI is InChI=1S/C9H6N2O3/c12-9(13)8-7(10-14-11-8)6-4-2-1-3-5-6/h1-5H,(H,12,13). The van der Waals surface area contributed by atoms with Crippen LogP contribution in [0.1, 0.15) is 10.5 Å². The summed E-state index contributed by atoms with van der Waals surface area (Å²) in [5, 5.41) is 15.6. The van der Waals surface area contributed by atoms with Crippen LogP contribution in [-0.2, 0) is 0 Å². The molecule has 0 aliphatic heterocycles. The number of aromatic nitrogens is 2. The molecule has 0 aliphatic rings. The molecule has 1 heterocycles. The zero-order chi connectivity index (χ0) is 9.97. The van der Waals surface area contributed by atoms with Crippen LogP contribution in [0.3, 0.4) is 0 Å². The SMILES string of the molecule is O=C(O)c1nonc1-c1ccccc1. The molecule has 2 aromatic rings. The predicted molar refractivity (Wildman–Crippen MR) is 46.7 cm³/mol. The van der Waals surface area contributed by atoms with E-state index in [4.69, 9.17) is 5.11 Å². The zero-order valence-electron chi connectivity index (χ0n) is 7.04. The van der Waals surface area contributed by atoms with Gasteiger partial charge < -0.3 is 5.11 Å². The van der Waals surface area contributed by atoms with E-state index in [1.165, 1.54) is 0 Å². The maximum absolute atomic E-state index is 10.7. The number of benzene rings is 1. The number of nitrogens with zero attached hydrogens (tertiary/aromatic N) is 2. The Morgan fingerprint density at radius 2 is 1.93 bits per heavy atom. The molecule has 70 valence electrons. The number of hydrogen-bond acceptors (Lipinski definition) is 4. The van der Waals surface area contributed by atoms with E-state index >= 15 is 0 Å². The molecule has 1 N–H and O–H groups in total. The fourth-order valence-electron chi connectivity index (χ4n) is 1.11. The van der Waals surface area contributed by atoms with Gasteiger partial charge in [-0.3, -0.25) is 0 Å². The quantitative estimate of drug-likeness (QED) is 0.775. The van der Waals surface area contributed by atoms with Gasteiger partial charge in [0.1, 0.15) is 5.69 Å². The summed E-state index contributed by atoms with van der Waals surface area (Å²) in [5.74, 6) is -1.15. The highest BCUT2D eigenvalue weighted by atomic mass is 16.6. The fourth-order valence-corrected chi connectivity index (χ4v) is 1.11. The van der Waals surface area contributed by atoms with E-state index < -0.39 is 5.97 Å². The van der Waals surface area contributed by atoms with Crippen LogP contribution in [-0.4, -0.2) is 21.4 Å². The van der Waals surface area contributed by atoms with E-state index in [9.17, 15) is 4.79 Å². The van der Waals surface area contributed by atoms with Gasteiger partial charge in [-0.1, -0.05) is 30.3 Å². The van der Waals surface area contributed by atoms with Crippen LogP contribution in [0, 0.1) is 0 Å². The Morgan fingerprint density at radius 3 is 2.57 bits per heavy atom. The first-order chi connectivity index (χ1) is 6.79. The number of aromatic carboxylic acids is 1. The highest BCUT2D eigenvalue weighted by Crippen LogP contribution is 2.19. The van der Waals surface area contributed by atoms with Crippen molar-refractivity contribution in [2.45, 2.75) is 0 Å². The highest BCUT2D eigenvalue weighted by molar-refractivity contribution is 5.92. The maximum Gasteiger partial charge on any atom is 0.360 e. The minimum atomic E-state index is -1.15. The minimum absolute atomic E-state index is 0.170. The number of carboxylic acid groups (broad SMARTS) is 1. The Morgan fingerprint density at radius 1 is 1.21 bits per heavy atom. The van der Waals surface area contributed by atoms with Crippen LogP contribution >= 0.6 is 0 Å². The number of carbonyl (C=O) groups is 1. The predicted octanol–water partition coefficient (Wildman–Crippen LogP) is 1.43. The Bertz CT molecular complexity index is 450. The summed E-state index contributed by atoms with van der Waals surface area (Å²) in [6.45, 7) is 0. The smallest absolute Gasteiger partial charge is 0.360 e. The molecule has 0 aliphatic carbocycles. The van der Waals surface area contributed by atoms with Crippen molar-refractivity contribution in [3.63, 3.8) is 0 Å². The van der Waals surface area contributed by atoms with Gasteiger partial charge in [-0.25, -0.2) is 9.42 Å². The van der Waals surface area contributed by atoms with Gasteiger partial charge in [-0.2, -0.15) is 0 Å². The number of rotatable bonds is 2. The van der Waals surface area contributed by atoms with E-state index in [1.54, 1.807) is 24.3 Å². The van der Waals surface area contributed by atoms with Gasteiger partial charge in [0.05, 0.1) is 0 Å². The molecule has 5 nitrogen and oxygen atoms in total. The van der Waals surface area contributed by atoms with E-state index in [0.29, 0.717) is 5.56 Å². The first-order valence-electron chi connectivity index (χ1n) is 3.90. The molecule has 0 saturated carbocycles. The lowest BCUT2D eigenvalue weighted by atomic mass is 10.1. The largest absolute Gasteiger partial charge is 0.476 e. The van der Waals surface area contributed by atoms with Crippen LogP contribution in [0.15, 0.2) is 35.0 Å². The zero-order valence-corrected chi connectivity index (χ0v) is 7.04. The van der Waals surface area contributed by atoms with Gasteiger partial charge in [0, 0.05) is 5.56 Å². The minimum Gasteiger partial charge on any atom is -0.476 e. The molecule has 0 fully saturated rings. The summed E-state index contributed by atoms with van der Waals surface area (Å²) in [5.41, 5.74) is 0.750. The molecule has 0 atom stereocenters. The van der Waals surface area contributed by atoms with Crippen molar-refractivity contribution in [1.82, 2.24) is 10.3 Å². The molecular weight excluding hydrogens is 184 g/mol. The van der Waals surface area contributed by atoms with Gasteiger partial charge in [0.15, 0.2) is 0 Å². The lowest BCUT2D eigenvalue weighted by molar-refractivity contribution is 0.0685. The molecule has 0 amide bonds. The molecule has 0 unspecified atom stereocenters. The Hall–Kier alpha value is -2.17. The molecule has 0 radical (unpaired) electrons. The summed E-state index contributed by atoms with van der Waals surface area (Å²) in [7, 11) is 0. The third kappa shape index (κ3) is 1.35. The van der Waals surface area contributed by atoms with E-state index in [-0.39, 0.29) is 11.4 Å². The topological polar surface area (TPSA) is 76.2 Å². The summed E-state index contributed by atoms with van der Waals surface area (Å²) >= 11 is 0. The van der Waals surface area contributed by atoms with Crippen molar-refractivity contribution >= 4 is 5.97 Å². The first kappa shape index (κ1) is 8.43. The van der Waals surface area contributed by atoms with Crippen molar-refractivity contribution < 1.29 is 14.5 Å². The summed E-state index contributed by atoms with van der Waals surface area (Å²) in [6, 6.07) is 8.89. The van der Waals surface area contributed by atoms with Gasteiger partial charge in [0.25, 0.3) is 0 Å². The molecule has 1 aromatic heterocycles. The van der Waals surface area contributed by atoms with Gasteiger partial charge >= 0.3 is 5.97 Å². The molecule has 2 rings (SSSR count). The van der Waals surface area contributed by atoms with Gasteiger partial charge in [-0.05, 0) is 10.3 Å². The maximum atomic E-state index is 10.7. The van der Waals surface area contributed by atoms with Crippen LogP contribution in [0.2, 0.25) is 0 Å². The van der Waals surface area contributed by atoms with Crippen molar-refractivity contribution in [3.8, 4) is 11.3 Å². The second kappa shape index (κ2) is 3.29. The normalized spacial score (nSPS) is 10.0. The molecular formula is C9H6N2O3. The third-order valence-electron chi connectivity index (χ3n) is 1.74. The molecule has 1 aromatic carbocycles. The number of hydrogen-bond donors (Lipinski definition) is 1. The Balaban J connectivity index is 2.52. The molecule has 0 saturated heterocycles. The summed E-state index contributed by atoms with van der Waals surface area (Å²) < 4.78 is 4.38. The van der Waals surface area contributed by atoms with Gasteiger partial charge in [0.2, 0.25) is 5.69 Å². The van der Waals surface area contributed by atoms with Crippen LogP contribution < -0.4 is 0 Å². The lowest BCUT2D eigenvalue weighted by Crippen LogP contribution is -1.98. The first-order valence-corrected chi connectivity index (χ1v) is 3.90. The number of carboxylic acids is 1. The molecule has 0 bridgehead atoms. The molecule has 14 heavy (non-hydrogen) atoms. The highest BCUT2D eigenvalue weighted by Gasteiger charge is 2.17. The van der Waals surface area contributed by atoms with E-state index in [2.05, 4.69) is 14.9 Å². The monoisotopic (exact) mass is 190 g/mol. The fraction of sp³-hybridized carbons (Fsp3) is 0. The van der Waals surface area contributed by atoms with Crippen molar-refractivity contribution in [3.05, 3.63) is 36.0 Å². The van der Waals surface area contributed by atoms with Crippen molar-refractivity contribution in [1.29, 1.82) is 0 Å². The molecule has 5 heteroatoms. The second-order valence-electron chi connectivity index (χ2n) is 2.63.